The molecule has 1 heterocycles. The van der Waals surface area contributed by atoms with Gasteiger partial charge in [0.1, 0.15) is 5.54 Å². The van der Waals surface area contributed by atoms with Crippen LogP contribution in [0, 0.1) is 18.3 Å². The van der Waals surface area contributed by atoms with Crippen LogP contribution in [-0.2, 0) is 4.79 Å². The second-order valence-corrected chi connectivity index (χ2v) is 9.41. The third-order valence-electron chi connectivity index (χ3n) is 5.72. The Morgan fingerprint density at radius 3 is 2.56 bits per heavy atom. The highest BCUT2D eigenvalue weighted by Gasteiger charge is 2.33. The topological polar surface area (TPSA) is 83.6 Å². The van der Waals surface area contributed by atoms with Gasteiger partial charge >= 0.3 is 0 Å². The fourth-order valence-corrected chi connectivity index (χ4v) is 4.90. The Hall–Kier alpha value is -2.82. The zero-order valence-corrected chi connectivity index (χ0v) is 19.4. The molecule has 1 aliphatic rings. The standard InChI is InChI=1S/C24H24ClN5OS/c1-17-7-3-4-8-20(17)30-22(18-9-11-19(25)12-10-18)28-29-23(30)32-15-21(31)27-24(16-26)13-5-2-6-14-24/h3-4,7-12H,2,5-6,13-15H2,1H3,(H,27,31). The summed E-state index contributed by atoms with van der Waals surface area (Å²) in [7, 11) is 0. The Morgan fingerprint density at radius 2 is 1.88 bits per heavy atom. The third-order valence-corrected chi connectivity index (χ3v) is 6.91. The second-order valence-electron chi connectivity index (χ2n) is 8.03. The summed E-state index contributed by atoms with van der Waals surface area (Å²) in [5.41, 5.74) is 2.16. The Kier molecular flexibility index (Phi) is 6.83. The van der Waals surface area contributed by atoms with Crippen molar-refractivity contribution in [2.75, 3.05) is 5.75 Å². The fraction of sp³-hybridized carbons (Fsp3) is 0.333. The fourth-order valence-electron chi connectivity index (χ4n) is 4.03. The van der Waals surface area contributed by atoms with Crippen molar-refractivity contribution in [3.8, 4) is 23.1 Å². The van der Waals surface area contributed by atoms with E-state index in [4.69, 9.17) is 11.6 Å². The van der Waals surface area contributed by atoms with Crippen molar-refractivity contribution in [2.45, 2.75) is 49.7 Å². The maximum atomic E-state index is 12.7. The summed E-state index contributed by atoms with van der Waals surface area (Å²) in [5, 5.41) is 22.7. The number of para-hydroxylation sites is 1. The molecule has 3 aromatic rings. The molecule has 8 heteroatoms. The number of hydrogen-bond acceptors (Lipinski definition) is 5. The molecule has 0 aliphatic heterocycles. The number of aromatic nitrogens is 3. The van der Waals surface area contributed by atoms with Crippen LogP contribution in [0.15, 0.2) is 53.7 Å². The lowest BCUT2D eigenvalue weighted by atomic mass is 9.83. The monoisotopic (exact) mass is 465 g/mol. The lowest BCUT2D eigenvalue weighted by molar-refractivity contribution is -0.120. The molecule has 4 rings (SSSR count). The van der Waals surface area contributed by atoms with Gasteiger partial charge in [0, 0.05) is 10.6 Å². The van der Waals surface area contributed by atoms with Gasteiger partial charge < -0.3 is 5.32 Å². The molecule has 0 atom stereocenters. The van der Waals surface area contributed by atoms with Crippen LogP contribution in [0.5, 0.6) is 0 Å². The maximum Gasteiger partial charge on any atom is 0.231 e. The lowest BCUT2D eigenvalue weighted by Gasteiger charge is -2.31. The van der Waals surface area contributed by atoms with Gasteiger partial charge in [0.05, 0.1) is 17.5 Å². The minimum Gasteiger partial charge on any atom is -0.337 e. The first-order chi connectivity index (χ1) is 15.5. The van der Waals surface area contributed by atoms with Crippen molar-refractivity contribution in [1.29, 1.82) is 5.26 Å². The molecule has 1 amide bonds. The second kappa shape index (κ2) is 9.76. The highest BCUT2D eigenvalue weighted by atomic mass is 35.5. The summed E-state index contributed by atoms with van der Waals surface area (Å²) < 4.78 is 1.97. The number of amides is 1. The summed E-state index contributed by atoms with van der Waals surface area (Å²) in [6.45, 7) is 2.03. The van der Waals surface area contributed by atoms with Gasteiger partial charge in [-0.25, -0.2) is 0 Å². The van der Waals surface area contributed by atoms with Crippen LogP contribution in [0.3, 0.4) is 0 Å². The number of hydrogen-bond donors (Lipinski definition) is 1. The Bertz CT molecular complexity index is 1150. The predicted octanol–water partition coefficient (Wildman–Crippen LogP) is 5.33. The van der Waals surface area contributed by atoms with E-state index in [1.165, 1.54) is 11.8 Å². The zero-order chi connectivity index (χ0) is 22.6. The quantitative estimate of drug-likeness (QED) is 0.497. The van der Waals surface area contributed by atoms with E-state index in [9.17, 15) is 10.1 Å². The van der Waals surface area contributed by atoms with Gasteiger partial charge in [0.15, 0.2) is 11.0 Å². The summed E-state index contributed by atoms with van der Waals surface area (Å²) in [6, 6.07) is 17.8. The average molecular weight is 466 g/mol. The molecule has 0 radical (unpaired) electrons. The van der Waals surface area contributed by atoms with Crippen LogP contribution < -0.4 is 5.32 Å². The molecule has 1 aliphatic carbocycles. The molecular weight excluding hydrogens is 442 g/mol. The molecule has 2 aromatic carbocycles. The highest BCUT2D eigenvalue weighted by Crippen LogP contribution is 2.31. The first kappa shape index (κ1) is 22.4. The number of nitriles is 1. The highest BCUT2D eigenvalue weighted by molar-refractivity contribution is 7.99. The number of thioether (sulfide) groups is 1. The van der Waals surface area contributed by atoms with Gasteiger partial charge in [-0.15, -0.1) is 10.2 Å². The summed E-state index contributed by atoms with van der Waals surface area (Å²) in [5.74, 6) is 0.680. The molecule has 1 saturated carbocycles. The van der Waals surface area contributed by atoms with Crippen molar-refractivity contribution < 1.29 is 4.79 Å². The van der Waals surface area contributed by atoms with E-state index in [0.717, 1.165) is 36.1 Å². The van der Waals surface area contributed by atoms with Gasteiger partial charge in [-0.05, 0) is 55.7 Å². The van der Waals surface area contributed by atoms with Crippen molar-refractivity contribution in [1.82, 2.24) is 20.1 Å². The Labute approximate surface area is 197 Å². The molecule has 6 nitrogen and oxygen atoms in total. The van der Waals surface area contributed by atoms with E-state index in [-0.39, 0.29) is 11.7 Å². The normalized spacial score (nSPS) is 15.2. The molecule has 32 heavy (non-hydrogen) atoms. The Balaban J connectivity index is 1.60. The number of halogens is 1. The number of carbonyl (C=O) groups excluding carboxylic acids is 1. The number of carbonyl (C=O) groups is 1. The van der Waals surface area contributed by atoms with Crippen molar-refractivity contribution in [3.63, 3.8) is 0 Å². The first-order valence-electron chi connectivity index (χ1n) is 10.6. The van der Waals surface area contributed by atoms with E-state index in [2.05, 4.69) is 21.6 Å². The first-order valence-corrected chi connectivity index (χ1v) is 12.0. The van der Waals surface area contributed by atoms with E-state index >= 15 is 0 Å². The van der Waals surface area contributed by atoms with Crippen molar-refractivity contribution in [2.24, 2.45) is 0 Å². The molecule has 1 aromatic heterocycles. The maximum absolute atomic E-state index is 12.7. The molecular formula is C24H24ClN5OS. The van der Waals surface area contributed by atoms with Crippen molar-refractivity contribution in [3.05, 3.63) is 59.1 Å². The zero-order valence-electron chi connectivity index (χ0n) is 17.8. The van der Waals surface area contributed by atoms with Gasteiger partial charge in [0.2, 0.25) is 5.91 Å². The average Bonchev–Trinajstić information content (AvgIpc) is 3.23. The number of aryl methyl sites for hydroxylation is 1. The van der Waals surface area contributed by atoms with Gasteiger partial charge in [0.25, 0.3) is 0 Å². The summed E-state index contributed by atoms with van der Waals surface area (Å²) in [6.07, 6.45) is 4.46. The van der Waals surface area contributed by atoms with E-state index in [1.807, 2.05) is 60.0 Å². The Morgan fingerprint density at radius 1 is 1.16 bits per heavy atom. The lowest BCUT2D eigenvalue weighted by Crippen LogP contribution is -2.49. The summed E-state index contributed by atoms with van der Waals surface area (Å²) >= 11 is 7.38. The van der Waals surface area contributed by atoms with Gasteiger partial charge in [-0.3, -0.25) is 9.36 Å². The minimum atomic E-state index is -0.742. The SMILES string of the molecule is Cc1ccccc1-n1c(SCC(=O)NC2(C#N)CCCCC2)nnc1-c1ccc(Cl)cc1. The van der Waals surface area contributed by atoms with Crippen LogP contribution in [0.4, 0.5) is 0 Å². The summed E-state index contributed by atoms with van der Waals surface area (Å²) in [4.78, 5) is 12.7. The number of nitrogens with one attached hydrogen (secondary N) is 1. The molecule has 0 spiro atoms. The minimum absolute atomic E-state index is 0.161. The molecule has 0 unspecified atom stereocenters. The molecule has 1 fully saturated rings. The molecule has 1 N–H and O–H groups in total. The predicted molar refractivity (Wildman–Crippen MR) is 127 cm³/mol. The number of rotatable bonds is 6. The largest absolute Gasteiger partial charge is 0.337 e. The van der Waals surface area contributed by atoms with E-state index in [0.29, 0.717) is 28.8 Å². The molecule has 0 saturated heterocycles. The van der Waals surface area contributed by atoms with E-state index in [1.54, 1.807) is 0 Å². The van der Waals surface area contributed by atoms with Crippen LogP contribution in [-0.4, -0.2) is 32.0 Å². The third kappa shape index (κ3) is 4.82. The van der Waals surface area contributed by atoms with Crippen LogP contribution >= 0.6 is 23.4 Å². The van der Waals surface area contributed by atoms with E-state index < -0.39 is 5.54 Å². The van der Waals surface area contributed by atoms with Crippen LogP contribution in [0.1, 0.15) is 37.7 Å². The number of nitrogens with zero attached hydrogens (tertiary/aromatic N) is 4. The van der Waals surface area contributed by atoms with Crippen molar-refractivity contribution >= 4 is 29.3 Å². The van der Waals surface area contributed by atoms with Crippen LogP contribution in [0.2, 0.25) is 5.02 Å². The smallest absolute Gasteiger partial charge is 0.231 e. The van der Waals surface area contributed by atoms with Gasteiger partial charge in [-0.2, -0.15) is 5.26 Å². The van der Waals surface area contributed by atoms with Crippen LogP contribution in [0.25, 0.3) is 17.1 Å². The number of benzene rings is 2. The molecule has 0 bridgehead atoms. The van der Waals surface area contributed by atoms with Gasteiger partial charge in [-0.1, -0.05) is 60.8 Å². The molecule has 164 valence electrons.